The number of nitrogens with one attached hydrogen (secondary N) is 2. The number of carbonyl (C=O) groups is 1. The number of amides is 1. The maximum absolute atomic E-state index is 10.7. The Morgan fingerprint density at radius 3 is 3.30 bits per heavy atom. The van der Waals surface area contributed by atoms with Crippen molar-refractivity contribution in [2.24, 2.45) is 4.99 Å². The third-order valence-corrected chi connectivity index (χ3v) is 1.38. The van der Waals surface area contributed by atoms with Crippen molar-refractivity contribution >= 4 is 11.7 Å². The molecule has 10 heavy (non-hydrogen) atoms. The van der Waals surface area contributed by atoms with Crippen molar-refractivity contribution in [3.8, 4) is 0 Å². The van der Waals surface area contributed by atoms with Gasteiger partial charge in [0.1, 0.15) is 6.20 Å². The number of rotatable bonds is 0. The quantitative estimate of drug-likeness (QED) is 0.412. The van der Waals surface area contributed by atoms with Crippen LogP contribution in [0, 0.1) is 0 Å². The molecule has 50 valence electrons. The monoisotopic (exact) mass is 136 g/mol. The maximum atomic E-state index is 10.7. The molecule has 0 aromatic rings. The van der Waals surface area contributed by atoms with Crippen LogP contribution < -0.4 is 10.4 Å². The number of hydrogen-bond donors (Lipinski definition) is 2. The van der Waals surface area contributed by atoms with Crippen molar-refractivity contribution < 1.29 is 9.80 Å². The standard InChI is InChI=1S/C6H5N3O/c10-6-2-1-5-7-3-4-9(5)8-6/h1-4H,(H,8,10)/p+1. The lowest BCUT2D eigenvalue weighted by Crippen LogP contribution is -3.17. The van der Waals surface area contributed by atoms with E-state index in [-0.39, 0.29) is 5.91 Å². The van der Waals surface area contributed by atoms with Gasteiger partial charge in [-0.3, -0.25) is 4.79 Å². The van der Waals surface area contributed by atoms with Crippen LogP contribution in [0.1, 0.15) is 0 Å². The summed E-state index contributed by atoms with van der Waals surface area (Å²) in [6.07, 6.45) is 6.61. The predicted molar refractivity (Wildman–Crippen MR) is 34.8 cm³/mol. The topological polar surface area (TPSA) is 45.9 Å². The van der Waals surface area contributed by atoms with Crippen LogP contribution in [0.15, 0.2) is 29.5 Å². The Hall–Kier alpha value is -1.42. The van der Waals surface area contributed by atoms with Crippen molar-refractivity contribution in [1.82, 2.24) is 5.43 Å². The Morgan fingerprint density at radius 2 is 2.40 bits per heavy atom. The summed E-state index contributed by atoms with van der Waals surface area (Å²) in [6.45, 7) is 0. The van der Waals surface area contributed by atoms with Gasteiger partial charge in [-0.25, -0.2) is 0 Å². The molecule has 2 N–H and O–H groups in total. The first kappa shape index (κ1) is 5.37. The summed E-state index contributed by atoms with van der Waals surface area (Å²) in [4.78, 5) is 14.7. The molecule has 2 rings (SSSR count). The number of hydrogen-bond acceptors (Lipinski definition) is 2. The van der Waals surface area contributed by atoms with Crippen LogP contribution in [0.4, 0.5) is 0 Å². The van der Waals surface area contributed by atoms with E-state index in [0.717, 1.165) is 10.8 Å². The molecule has 1 amide bonds. The molecule has 2 aliphatic rings. The van der Waals surface area contributed by atoms with Crippen molar-refractivity contribution in [2.45, 2.75) is 0 Å². The first-order chi connectivity index (χ1) is 4.86. The minimum absolute atomic E-state index is 0.0829. The molecule has 4 heteroatoms. The third-order valence-electron chi connectivity index (χ3n) is 1.38. The lowest BCUT2D eigenvalue weighted by Gasteiger charge is -2.12. The van der Waals surface area contributed by atoms with E-state index < -0.39 is 0 Å². The largest absolute Gasteiger partial charge is 0.289 e. The van der Waals surface area contributed by atoms with Gasteiger partial charge in [0.25, 0.3) is 11.7 Å². The van der Waals surface area contributed by atoms with E-state index in [4.69, 9.17) is 0 Å². The molecule has 0 saturated carbocycles. The van der Waals surface area contributed by atoms with Gasteiger partial charge in [-0.2, -0.15) is 15.4 Å². The smallest absolute Gasteiger partial charge is 0.265 e. The Morgan fingerprint density at radius 1 is 1.50 bits per heavy atom. The average molecular weight is 136 g/mol. The van der Waals surface area contributed by atoms with Crippen LogP contribution in [0.5, 0.6) is 0 Å². The molecule has 0 aromatic heterocycles. The number of aliphatic imine (C=N–C) groups is 1. The molecule has 1 atom stereocenters. The first-order valence-electron chi connectivity index (χ1n) is 2.97. The summed E-state index contributed by atoms with van der Waals surface area (Å²) in [5, 5.41) is 0.799. The van der Waals surface area contributed by atoms with Crippen LogP contribution in [0.25, 0.3) is 0 Å². The highest BCUT2D eigenvalue weighted by Gasteiger charge is 2.22. The molecule has 0 fully saturated rings. The van der Waals surface area contributed by atoms with Crippen LogP contribution in [-0.2, 0) is 4.79 Å². The SMILES string of the molecule is O=C1C=CC2=NC=C[NH+]2N1. The molecular weight excluding hydrogens is 130 g/mol. The molecular formula is C6H6N3O+. The number of amidine groups is 1. The minimum Gasteiger partial charge on any atom is -0.265 e. The predicted octanol–water partition coefficient (Wildman–Crippen LogP) is -1.64. The van der Waals surface area contributed by atoms with Gasteiger partial charge in [-0.05, 0) is 0 Å². The number of fused-ring (bicyclic) bond motifs is 1. The van der Waals surface area contributed by atoms with Crippen LogP contribution in [0.3, 0.4) is 0 Å². The molecule has 0 spiro atoms. The van der Waals surface area contributed by atoms with Gasteiger partial charge in [0, 0.05) is 12.2 Å². The zero-order chi connectivity index (χ0) is 6.97. The Balaban J connectivity index is 2.35. The maximum Gasteiger partial charge on any atom is 0.289 e. The van der Waals surface area contributed by atoms with Gasteiger partial charge < -0.3 is 0 Å². The van der Waals surface area contributed by atoms with E-state index in [1.807, 2.05) is 0 Å². The van der Waals surface area contributed by atoms with Gasteiger partial charge in [0.2, 0.25) is 0 Å². The van der Waals surface area contributed by atoms with Crippen molar-refractivity contribution in [3.05, 3.63) is 24.6 Å². The van der Waals surface area contributed by atoms with E-state index in [1.165, 1.54) is 6.08 Å². The molecule has 0 saturated heterocycles. The summed E-state index contributed by atoms with van der Waals surface area (Å²) in [7, 11) is 0. The fraction of sp³-hybridized carbons (Fsp3) is 0. The van der Waals surface area contributed by atoms with Gasteiger partial charge in [0.15, 0.2) is 0 Å². The fourth-order valence-electron chi connectivity index (χ4n) is 0.915. The molecule has 1 unspecified atom stereocenters. The summed E-state index contributed by atoms with van der Waals surface area (Å²) < 4.78 is 0. The van der Waals surface area contributed by atoms with Gasteiger partial charge in [0.05, 0.1) is 6.20 Å². The van der Waals surface area contributed by atoms with Crippen LogP contribution >= 0.6 is 0 Å². The number of carbonyl (C=O) groups excluding carboxylic acids is 1. The Kier molecular flexibility index (Phi) is 0.956. The van der Waals surface area contributed by atoms with Gasteiger partial charge in [-0.1, -0.05) is 0 Å². The zero-order valence-electron chi connectivity index (χ0n) is 5.16. The summed E-state index contributed by atoms with van der Waals surface area (Å²) in [5.41, 5.74) is 2.65. The van der Waals surface area contributed by atoms with Crippen molar-refractivity contribution in [1.29, 1.82) is 0 Å². The second-order valence-electron chi connectivity index (χ2n) is 2.07. The van der Waals surface area contributed by atoms with Crippen LogP contribution in [-0.4, -0.2) is 11.7 Å². The third kappa shape index (κ3) is 0.663. The summed E-state index contributed by atoms with van der Waals surface area (Å²) in [5.74, 6) is 0.750. The zero-order valence-corrected chi connectivity index (χ0v) is 5.16. The highest BCUT2D eigenvalue weighted by molar-refractivity contribution is 5.99. The van der Waals surface area contributed by atoms with E-state index >= 15 is 0 Å². The second kappa shape index (κ2) is 1.78. The molecule has 0 aromatic carbocycles. The van der Waals surface area contributed by atoms with E-state index in [2.05, 4.69) is 10.4 Å². The summed E-state index contributed by atoms with van der Waals surface area (Å²) in [6, 6.07) is 0. The number of nitrogens with zero attached hydrogens (tertiary/aromatic N) is 1. The molecule has 2 aliphatic heterocycles. The molecule has 0 aliphatic carbocycles. The minimum atomic E-state index is -0.0829. The number of quaternary nitrogens is 1. The Labute approximate surface area is 57.5 Å². The normalized spacial score (nSPS) is 27.8. The van der Waals surface area contributed by atoms with E-state index in [0.29, 0.717) is 0 Å². The van der Waals surface area contributed by atoms with Crippen molar-refractivity contribution in [3.63, 3.8) is 0 Å². The van der Waals surface area contributed by atoms with Gasteiger partial charge >= 0.3 is 0 Å². The Bertz CT molecular complexity index is 264. The fourth-order valence-corrected chi connectivity index (χ4v) is 0.915. The lowest BCUT2D eigenvalue weighted by atomic mass is 10.4. The lowest BCUT2D eigenvalue weighted by molar-refractivity contribution is -0.785. The molecule has 2 heterocycles. The second-order valence-corrected chi connectivity index (χ2v) is 2.07. The average Bonchev–Trinajstić information content (AvgIpc) is 2.33. The highest BCUT2D eigenvalue weighted by Crippen LogP contribution is 1.86. The van der Waals surface area contributed by atoms with Gasteiger partial charge in [-0.15, -0.1) is 0 Å². The van der Waals surface area contributed by atoms with E-state index in [1.54, 1.807) is 18.5 Å². The first-order valence-corrected chi connectivity index (χ1v) is 2.97. The highest BCUT2D eigenvalue weighted by atomic mass is 16.2. The van der Waals surface area contributed by atoms with Crippen LogP contribution in [0.2, 0.25) is 0 Å². The molecule has 4 nitrogen and oxygen atoms in total. The molecule has 0 radical (unpaired) electrons. The van der Waals surface area contributed by atoms with Crippen molar-refractivity contribution in [2.75, 3.05) is 0 Å². The summed E-state index contributed by atoms with van der Waals surface area (Å²) >= 11 is 0. The van der Waals surface area contributed by atoms with E-state index in [9.17, 15) is 4.79 Å². The molecule has 0 bridgehead atoms.